The molecule has 1 rings (SSSR count). The second-order valence-corrected chi connectivity index (χ2v) is 3.04. The number of hydrogen-bond donors (Lipinski definition) is 2. The van der Waals surface area contributed by atoms with E-state index in [1.54, 1.807) is 18.4 Å². The summed E-state index contributed by atoms with van der Waals surface area (Å²) in [6.07, 6.45) is 1.59. The van der Waals surface area contributed by atoms with Crippen LogP contribution in [0, 0.1) is 0 Å². The third-order valence-electron chi connectivity index (χ3n) is 1.62. The monoisotopic (exact) mass is 262 g/mol. The molecule has 0 saturated carbocycles. The van der Waals surface area contributed by atoms with Crippen LogP contribution < -0.4 is 4.74 Å². The largest absolute Gasteiger partial charge is 0.465 e. The van der Waals surface area contributed by atoms with Crippen LogP contribution >= 0.6 is 0 Å². The minimum atomic E-state index is 0.0417. The molecular formula is C12H22O6. The van der Waals surface area contributed by atoms with Gasteiger partial charge in [-0.3, -0.25) is 0 Å². The minimum Gasteiger partial charge on any atom is -0.465 e. The highest BCUT2D eigenvalue weighted by Crippen LogP contribution is 2.08. The molecule has 0 aromatic carbocycles. The van der Waals surface area contributed by atoms with Crippen LogP contribution in [0.1, 0.15) is 6.92 Å². The van der Waals surface area contributed by atoms with Crippen LogP contribution in [0.25, 0.3) is 0 Å². The van der Waals surface area contributed by atoms with E-state index in [4.69, 9.17) is 28.8 Å². The summed E-state index contributed by atoms with van der Waals surface area (Å²) in [7, 11) is 0. The van der Waals surface area contributed by atoms with Gasteiger partial charge in [0.2, 0.25) is 0 Å². The molecule has 0 spiro atoms. The first-order valence-electron chi connectivity index (χ1n) is 5.88. The average molecular weight is 262 g/mol. The molecule has 0 bridgehead atoms. The molecule has 1 aromatic rings. The van der Waals surface area contributed by atoms with E-state index in [2.05, 4.69) is 0 Å². The highest BCUT2D eigenvalue weighted by molar-refractivity contribution is 5.03. The minimum absolute atomic E-state index is 0.0417. The Balaban J connectivity index is 0.000000327. The maximum absolute atomic E-state index is 8.26. The molecule has 0 fully saturated rings. The van der Waals surface area contributed by atoms with Gasteiger partial charge >= 0.3 is 0 Å². The van der Waals surface area contributed by atoms with E-state index in [9.17, 15) is 0 Å². The van der Waals surface area contributed by atoms with Gasteiger partial charge in [-0.05, 0) is 13.0 Å². The number of ether oxygens (including phenoxy) is 3. The average Bonchev–Trinajstić information content (AvgIpc) is 2.88. The van der Waals surface area contributed by atoms with Gasteiger partial charge in [-0.25, -0.2) is 0 Å². The van der Waals surface area contributed by atoms with Gasteiger partial charge in [0.05, 0.1) is 52.5 Å². The van der Waals surface area contributed by atoms with Crippen molar-refractivity contribution in [3.05, 3.63) is 18.4 Å². The fourth-order valence-electron chi connectivity index (χ4n) is 0.939. The molecule has 0 unspecified atom stereocenters. The maximum Gasteiger partial charge on any atom is 0.284 e. The zero-order valence-corrected chi connectivity index (χ0v) is 10.7. The first-order chi connectivity index (χ1) is 8.85. The van der Waals surface area contributed by atoms with E-state index >= 15 is 0 Å². The fourth-order valence-corrected chi connectivity index (χ4v) is 0.939. The summed E-state index contributed by atoms with van der Waals surface area (Å²) in [5.74, 6) is 0.590. The number of aliphatic hydroxyl groups is 2. The van der Waals surface area contributed by atoms with Crippen molar-refractivity contribution in [1.29, 1.82) is 0 Å². The lowest BCUT2D eigenvalue weighted by molar-refractivity contribution is 0.0222. The van der Waals surface area contributed by atoms with Crippen molar-refractivity contribution in [3.8, 4) is 5.95 Å². The molecule has 1 aromatic heterocycles. The number of hydrogen-bond acceptors (Lipinski definition) is 6. The number of furan rings is 1. The molecule has 0 saturated heterocycles. The maximum atomic E-state index is 8.26. The summed E-state index contributed by atoms with van der Waals surface area (Å²) in [4.78, 5) is 0. The molecule has 6 nitrogen and oxygen atoms in total. The van der Waals surface area contributed by atoms with Crippen LogP contribution in [-0.4, -0.2) is 56.5 Å². The Labute approximate surface area is 107 Å². The van der Waals surface area contributed by atoms with Gasteiger partial charge in [0.15, 0.2) is 0 Å². The van der Waals surface area contributed by atoms with E-state index < -0.39 is 0 Å². The predicted molar refractivity (Wildman–Crippen MR) is 65.7 cm³/mol. The summed E-state index contributed by atoms with van der Waals surface area (Å²) in [6.45, 7) is 4.31. The molecule has 106 valence electrons. The van der Waals surface area contributed by atoms with Gasteiger partial charge < -0.3 is 28.8 Å². The van der Waals surface area contributed by atoms with Crippen LogP contribution in [0.2, 0.25) is 0 Å². The molecule has 1 heterocycles. The predicted octanol–water partition coefficient (Wildman–Crippen LogP) is 0.682. The van der Waals surface area contributed by atoms with Crippen molar-refractivity contribution in [3.63, 3.8) is 0 Å². The van der Waals surface area contributed by atoms with Crippen molar-refractivity contribution in [2.75, 3.05) is 46.2 Å². The topological polar surface area (TPSA) is 81.3 Å². The quantitative estimate of drug-likeness (QED) is 0.637. The summed E-state index contributed by atoms with van der Waals surface area (Å²) >= 11 is 0. The molecule has 0 aliphatic rings. The Morgan fingerprint density at radius 1 is 1.06 bits per heavy atom. The highest BCUT2D eigenvalue weighted by Gasteiger charge is 1.88. The third-order valence-corrected chi connectivity index (χ3v) is 1.62. The summed E-state index contributed by atoms with van der Waals surface area (Å²) in [6, 6.07) is 3.58. The fraction of sp³-hybridized carbons (Fsp3) is 0.667. The SMILES string of the molecule is CCOc1ccco1.OCCOCCOCCO. The van der Waals surface area contributed by atoms with E-state index in [-0.39, 0.29) is 13.2 Å². The first-order valence-corrected chi connectivity index (χ1v) is 5.88. The summed E-state index contributed by atoms with van der Waals surface area (Å²) in [5.41, 5.74) is 0. The van der Waals surface area contributed by atoms with Gasteiger partial charge in [0.1, 0.15) is 0 Å². The normalized spacial score (nSPS) is 9.72. The van der Waals surface area contributed by atoms with Crippen LogP contribution in [-0.2, 0) is 9.47 Å². The van der Waals surface area contributed by atoms with Crippen LogP contribution in [0.15, 0.2) is 22.8 Å². The van der Waals surface area contributed by atoms with E-state index in [0.29, 0.717) is 39.0 Å². The lowest BCUT2D eigenvalue weighted by Crippen LogP contribution is -2.09. The van der Waals surface area contributed by atoms with Gasteiger partial charge in [-0.2, -0.15) is 0 Å². The molecule has 0 atom stereocenters. The molecule has 2 N–H and O–H groups in total. The van der Waals surface area contributed by atoms with Crippen molar-refractivity contribution in [1.82, 2.24) is 0 Å². The third kappa shape index (κ3) is 11.4. The van der Waals surface area contributed by atoms with Crippen molar-refractivity contribution < 1.29 is 28.8 Å². The Morgan fingerprint density at radius 2 is 1.67 bits per heavy atom. The molecule has 0 radical (unpaired) electrons. The Bertz CT molecular complexity index is 229. The van der Waals surface area contributed by atoms with E-state index in [0.717, 1.165) is 0 Å². The van der Waals surface area contributed by atoms with Gasteiger partial charge in [0, 0.05) is 6.07 Å². The zero-order chi connectivity index (χ0) is 13.5. The number of rotatable bonds is 9. The second-order valence-electron chi connectivity index (χ2n) is 3.04. The van der Waals surface area contributed by atoms with Crippen molar-refractivity contribution in [2.45, 2.75) is 6.92 Å². The lowest BCUT2D eigenvalue weighted by atomic mass is 10.6. The van der Waals surface area contributed by atoms with E-state index in [1.165, 1.54) is 0 Å². The molecule has 0 aliphatic carbocycles. The number of aliphatic hydroxyl groups excluding tert-OH is 2. The molecule has 0 aliphatic heterocycles. The molecule has 18 heavy (non-hydrogen) atoms. The van der Waals surface area contributed by atoms with Crippen LogP contribution in [0.4, 0.5) is 0 Å². The van der Waals surface area contributed by atoms with Crippen molar-refractivity contribution >= 4 is 0 Å². The van der Waals surface area contributed by atoms with Gasteiger partial charge in [-0.15, -0.1) is 0 Å². The standard InChI is InChI=1S/C6H14O4.C6H8O2/c7-1-3-9-5-6-10-4-2-8;1-2-7-6-4-3-5-8-6/h7-8H,1-6H2;3-5H,2H2,1H3. The Kier molecular flexibility index (Phi) is 13.1. The van der Waals surface area contributed by atoms with Crippen molar-refractivity contribution in [2.24, 2.45) is 0 Å². The summed E-state index contributed by atoms with van der Waals surface area (Å²) < 4.78 is 19.6. The summed E-state index contributed by atoms with van der Waals surface area (Å²) in [5, 5.41) is 16.5. The Morgan fingerprint density at radius 3 is 2.06 bits per heavy atom. The first kappa shape index (κ1) is 16.9. The van der Waals surface area contributed by atoms with Crippen LogP contribution in [0.3, 0.4) is 0 Å². The molecule has 6 heteroatoms. The van der Waals surface area contributed by atoms with Gasteiger partial charge in [-0.1, -0.05) is 0 Å². The molecular weight excluding hydrogens is 240 g/mol. The van der Waals surface area contributed by atoms with Gasteiger partial charge in [0.25, 0.3) is 5.95 Å². The second kappa shape index (κ2) is 14.0. The smallest absolute Gasteiger partial charge is 0.284 e. The van der Waals surface area contributed by atoms with Crippen LogP contribution in [0.5, 0.6) is 5.95 Å². The highest BCUT2D eigenvalue weighted by atomic mass is 16.6. The molecule has 0 amide bonds. The van der Waals surface area contributed by atoms with E-state index in [1.807, 2.05) is 6.92 Å². The lowest BCUT2D eigenvalue weighted by Gasteiger charge is -2.01. The zero-order valence-electron chi connectivity index (χ0n) is 10.7. The Hall–Kier alpha value is -1.08.